The highest BCUT2D eigenvalue weighted by molar-refractivity contribution is 5.84. The standard InChI is InChI=1S/C13H24N2O4/c1-4-19-12(16)9-15(5-6-18-3)13(17)11-8-14-7-10(11)2/h10-11,14H,4-9H2,1-3H3/t10-,11-/m1/s1. The molecule has 0 aromatic carbocycles. The first-order chi connectivity index (χ1) is 9.10. The lowest BCUT2D eigenvalue weighted by molar-refractivity contribution is -0.150. The fraction of sp³-hybridized carbons (Fsp3) is 0.846. The maximum Gasteiger partial charge on any atom is 0.325 e. The molecule has 0 aromatic heterocycles. The number of ether oxygens (including phenoxy) is 2. The molecule has 6 heteroatoms. The van der Waals surface area contributed by atoms with Crippen LogP contribution in [0.5, 0.6) is 0 Å². The van der Waals surface area contributed by atoms with E-state index in [9.17, 15) is 9.59 Å². The average molecular weight is 272 g/mol. The fourth-order valence-electron chi connectivity index (χ4n) is 2.21. The number of carbonyl (C=O) groups is 2. The van der Waals surface area contributed by atoms with Crippen molar-refractivity contribution in [1.82, 2.24) is 10.2 Å². The summed E-state index contributed by atoms with van der Waals surface area (Å²) in [7, 11) is 1.58. The van der Waals surface area contributed by atoms with Gasteiger partial charge in [0.15, 0.2) is 0 Å². The molecule has 1 amide bonds. The Morgan fingerprint density at radius 3 is 2.63 bits per heavy atom. The van der Waals surface area contributed by atoms with E-state index in [2.05, 4.69) is 5.32 Å². The van der Waals surface area contributed by atoms with Crippen molar-refractivity contribution in [2.45, 2.75) is 13.8 Å². The molecule has 0 radical (unpaired) electrons. The van der Waals surface area contributed by atoms with Crippen LogP contribution in [0, 0.1) is 11.8 Å². The third-order valence-electron chi connectivity index (χ3n) is 3.34. The van der Waals surface area contributed by atoms with Gasteiger partial charge in [-0.1, -0.05) is 6.92 Å². The second-order valence-corrected chi connectivity index (χ2v) is 4.80. The number of amides is 1. The first-order valence-corrected chi connectivity index (χ1v) is 6.74. The molecule has 2 atom stereocenters. The van der Waals surface area contributed by atoms with Gasteiger partial charge in [0, 0.05) is 20.2 Å². The Hall–Kier alpha value is -1.14. The molecule has 1 fully saturated rings. The number of nitrogens with zero attached hydrogens (tertiary/aromatic N) is 1. The van der Waals surface area contributed by atoms with Crippen LogP contribution >= 0.6 is 0 Å². The number of methoxy groups -OCH3 is 1. The molecule has 1 saturated heterocycles. The second kappa shape index (κ2) is 8.12. The first-order valence-electron chi connectivity index (χ1n) is 6.74. The van der Waals surface area contributed by atoms with E-state index in [-0.39, 0.29) is 24.3 Å². The zero-order valence-corrected chi connectivity index (χ0v) is 12.0. The molecule has 0 aliphatic carbocycles. The molecule has 1 heterocycles. The quantitative estimate of drug-likeness (QED) is 0.654. The van der Waals surface area contributed by atoms with Gasteiger partial charge in [-0.25, -0.2) is 0 Å². The lowest BCUT2D eigenvalue weighted by Gasteiger charge is -2.25. The number of hydrogen-bond donors (Lipinski definition) is 1. The van der Waals surface area contributed by atoms with E-state index in [0.717, 1.165) is 6.54 Å². The van der Waals surface area contributed by atoms with Crippen molar-refractivity contribution in [2.75, 3.05) is 46.5 Å². The first kappa shape index (κ1) is 15.9. The van der Waals surface area contributed by atoms with Crippen LogP contribution in [0.4, 0.5) is 0 Å². The normalized spacial score (nSPS) is 22.3. The molecule has 1 aliphatic heterocycles. The smallest absolute Gasteiger partial charge is 0.325 e. The van der Waals surface area contributed by atoms with Gasteiger partial charge in [0.25, 0.3) is 0 Å². The molecule has 1 N–H and O–H groups in total. The second-order valence-electron chi connectivity index (χ2n) is 4.80. The zero-order valence-electron chi connectivity index (χ0n) is 12.0. The Labute approximate surface area is 114 Å². The molecule has 19 heavy (non-hydrogen) atoms. The Kier molecular flexibility index (Phi) is 6.80. The summed E-state index contributed by atoms with van der Waals surface area (Å²) in [5.74, 6) is -0.140. The van der Waals surface area contributed by atoms with E-state index < -0.39 is 0 Å². The molecule has 1 rings (SSSR count). The summed E-state index contributed by atoms with van der Waals surface area (Å²) in [5, 5.41) is 3.20. The summed E-state index contributed by atoms with van der Waals surface area (Å²) in [6, 6.07) is 0. The van der Waals surface area contributed by atoms with Gasteiger partial charge in [-0.15, -0.1) is 0 Å². The number of rotatable bonds is 7. The van der Waals surface area contributed by atoms with Crippen LogP contribution in [0.1, 0.15) is 13.8 Å². The van der Waals surface area contributed by atoms with E-state index in [1.165, 1.54) is 4.90 Å². The van der Waals surface area contributed by atoms with Gasteiger partial charge >= 0.3 is 5.97 Å². The molecule has 0 aromatic rings. The monoisotopic (exact) mass is 272 g/mol. The predicted molar refractivity (Wildman–Crippen MR) is 70.6 cm³/mol. The van der Waals surface area contributed by atoms with Gasteiger partial charge in [0.1, 0.15) is 6.54 Å². The minimum atomic E-state index is -0.370. The number of nitrogens with one attached hydrogen (secondary N) is 1. The lowest BCUT2D eigenvalue weighted by Crippen LogP contribution is -2.43. The van der Waals surface area contributed by atoms with Crippen LogP contribution in [0.3, 0.4) is 0 Å². The molecule has 110 valence electrons. The number of carbonyl (C=O) groups excluding carboxylic acids is 2. The highest BCUT2D eigenvalue weighted by Crippen LogP contribution is 2.18. The molecular formula is C13H24N2O4. The number of hydrogen-bond acceptors (Lipinski definition) is 5. The van der Waals surface area contributed by atoms with Crippen molar-refractivity contribution in [1.29, 1.82) is 0 Å². The average Bonchev–Trinajstić information content (AvgIpc) is 2.80. The lowest BCUT2D eigenvalue weighted by atomic mass is 9.96. The zero-order chi connectivity index (χ0) is 14.3. The van der Waals surface area contributed by atoms with E-state index in [1.807, 2.05) is 6.92 Å². The molecule has 0 saturated carbocycles. The summed E-state index contributed by atoms with van der Waals surface area (Å²) in [6.07, 6.45) is 0. The summed E-state index contributed by atoms with van der Waals surface area (Å²) >= 11 is 0. The highest BCUT2D eigenvalue weighted by Gasteiger charge is 2.33. The largest absolute Gasteiger partial charge is 0.465 e. The fourth-order valence-corrected chi connectivity index (χ4v) is 2.21. The molecular weight excluding hydrogens is 248 g/mol. The van der Waals surface area contributed by atoms with E-state index in [0.29, 0.717) is 32.2 Å². The Bertz CT molecular complexity index is 309. The van der Waals surface area contributed by atoms with Gasteiger partial charge in [-0.05, 0) is 19.4 Å². The molecule has 6 nitrogen and oxygen atoms in total. The number of esters is 1. The van der Waals surface area contributed by atoms with E-state index >= 15 is 0 Å². The van der Waals surface area contributed by atoms with Crippen LogP contribution in [0.15, 0.2) is 0 Å². The molecule has 0 unspecified atom stereocenters. The van der Waals surface area contributed by atoms with Crippen LogP contribution in [0.2, 0.25) is 0 Å². The van der Waals surface area contributed by atoms with Crippen molar-refractivity contribution < 1.29 is 19.1 Å². The van der Waals surface area contributed by atoms with Gasteiger partial charge in [0.05, 0.1) is 19.1 Å². The molecule has 0 bridgehead atoms. The van der Waals surface area contributed by atoms with Gasteiger partial charge < -0.3 is 19.7 Å². The Morgan fingerprint density at radius 2 is 2.11 bits per heavy atom. The minimum absolute atomic E-state index is 0.000741. The van der Waals surface area contributed by atoms with E-state index in [4.69, 9.17) is 9.47 Å². The van der Waals surface area contributed by atoms with Crippen LogP contribution in [-0.4, -0.2) is 63.3 Å². The van der Waals surface area contributed by atoms with Crippen molar-refractivity contribution in [3.63, 3.8) is 0 Å². The highest BCUT2D eigenvalue weighted by atomic mass is 16.5. The summed E-state index contributed by atoms with van der Waals surface area (Å²) in [5.41, 5.74) is 0. The molecule has 1 aliphatic rings. The van der Waals surface area contributed by atoms with Crippen LogP contribution < -0.4 is 5.32 Å². The topological polar surface area (TPSA) is 67.9 Å². The maximum atomic E-state index is 12.4. The van der Waals surface area contributed by atoms with Crippen molar-refractivity contribution in [3.8, 4) is 0 Å². The van der Waals surface area contributed by atoms with Crippen molar-refractivity contribution in [2.24, 2.45) is 11.8 Å². The Morgan fingerprint density at radius 1 is 1.37 bits per heavy atom. The summed E-state index contributed by atoms with van der Waals surface area (Å²) in [4.78, 5) is 25.5. The summed E-state index contributed by atoms with van der Waals surface area (Å²) < 4.78 is 9.89. The minimum Gasteiger partial charge on any atom is -0.465 e. The predicted octanol–water partition coefficient (Wildman–Crippen LogP) is -0.120. The van der Waals surface area contributed by atoms with E-state index in [1.54, 1.807) is 14.0 Å². The van der Waals surface area contributed by atoms with Crippen molar-refractivity contribution in [3.05, 3.63) is 0 Å². The van der Waals surface area contributed by atoms with Crippen LogP contribution in [-0.2, 0) is 19.1 Å². The van der Waals surface area contributed by atoms with Gasteiger partial charge in [-0.2, -0.15) is 0 Å². The SMILES string of the molecule is CCOC(=O)CN(CCOC)C(=O)[C@@H]1CNC[C@H]1C. The Balaban J connectivity index is 2.61. The maximum absolute atomic E-state index is 12.4. The summed E-state index contributed by atoms with van der Waals surface area (Å²) in [6.45, 7) is 6.46. The molecule has 0 spiro atoms. The van der Waals surface area contributed by atoms with Crippen LogP contribution in [0.25, 0.3) is 0 Å². The van der Waals surface area contributed by atoms with Gasteiger partial charge in [-0.3, -0.25) is 9.59 Å². The third-order valence-corrected chi connectivity index (χ3v) is 3.34. The van der Waals surface area contributed by atoms with Gasteiger partial charge in [0.2, 0.25) is 5.91 Å². The van der Waals surface area contributed by atoms with Crippen molar-refractivity contribution >= 4 is 11.9 Å². The third kappa shape index (κ3) is 4.80.